The van der Waals surface area contributed by atoms with Crippen LogP contribution in [-0.4, -0.2) is 56.0 Å². The van der Waals surface area contributed by atoms with Crippen LogP contribution in [0.25, 0.3) is 0 Å². The fourth-order valence-electron chi connectivity index (χ4n) is 2.39. The molecule has 0 saturated carbocycles. The van der Waals surface area contributed by atoms with Crippen LogP contribution in [0.2, 0.25) is 0 Å². The molecule has 26 heavy (non-hydrogen) atoms. The highest BCUT2D eigenvalue weighted by Crippen LogP contribution is 2.03. The number of rotatable bonds is 7. The van der Waals surface area contributed by atoms with Gasteiger partial charge in [-0.1, -0.05) is 35.5 Å². The largest absolute Gasteiger partial charge is 1.00 e. The Morgan fingerprint density at radius 1 is 1.23 bits per heavy atom. The van der Waals surface area contributed by atoms with E-state index in [2.05, 4.69) is 31.6 Å². The third-order valence-corrected chi connectivity index (χ3v) is 3.79. The highest BCUT2D eigenvalue weighted by atomic mass is 127. The molecular formula is C19H26IN4O2+. The van der Waals surface area contributed by atoms with Gasteiger partial charge in [0.2, 0.25) is 5.69 Å². The molecular weight excluding hydrogens is 443 g/mol. The number of likely N-dealkylation sites (N-methyl/N-ethyl adjacent to an activating group) is 1. The molecule has 0 aliphatic rings. The lowest BCUT2D eigenvalue weighted by atomic mass is 10.2. The van der Waals surface area contributed by atoms with Crippen LogP contribution in [0.5, 0.6) is 0 Å². The molecule has 0 radical (unpaired) electrons. The van der Waals surface area contributed by atoms with Gasteiger partial charge in [0, 0.05) is 17.7 Å². The third kappa shape index (κ3) is 7.09. The molecule has 1 aromatic heterocycles. The van der Waals surface area contributed by atoms with Crippen LogP contribution in [0.3, 0.4) is 0 Å². The van der Waals surface area contributed by atoms with Gasteiger partial charge in [-0.25, -0.2) is 0 Å². The summed E-state index contributed by atoms with van der Waals surface area (Å²) in [5, 5.41) is 15.0. The molecule has 7 heteroatoms. The summed E-state index contributed by atoms with van der Waals surface area (Å²) in [5.41, 5.74) is 2.33. The van der Waals surface area contributed by atoms with Gasteiger partial charge in [0.25, 0.3) is 5.91 Å². The van der Waals surface area contributed by atoms with Gasteiger partial charge >= 0.3 is 0 Å². The lowest BCUT2D eigenvalue weighted by Gasteiger charge is -2.23. The van der Waals surface area contributed by atoms with Gasteiger partial charge in [0.15, 0.2) is 12.7 Å². The SMILES string of the molecule is C[N+](C)(C)CCNC(=O)c1cc[n+](Cc2ccccc2)c(C=NO)c1.[I-]. The second-order valence-electron chi connectivity index (χ2n) is 6.97. The lowest BCUT2D eigenvalue weighted by Crippen LogP contribution is -3.00. The number of halogens is 1. The Balaban J connectivity index is 0.00000338. The molecule has 2 aromatic rings. The maximum atomic E-state index is 12.3. The van der Waals surface area contributed by atoms with Crippen molar-refractivity contribution in [1.29, 1.82) is 0 Å². The fourth-order valence-corrected chi connectivity index (χ4v) is 2.39. The molecule has 1 aromatic carbocycles. The molecule has 2 rings (SSSR count). The number of carbonyl (C=O) groups excluding carboxylic acids is 1. The van der Waals surface area contributed by atoms with Gasteiger partial charge in [0.1, 0.15) is 6.21 Å². The molecule has 0 saturated heterocycles. The zero-order valence-electron chi connectivity index (χ0n) is 15.4. The number of amides is 1. The van der Waals surface area contributed by atoms with Crippen molar-refractivity contribution in [3.8, 4) is 0 Å². The molecule has 0 atom stereocenters. The van der Waals surface area contributed by atoms with Crippen molar-refractivity contribution in [2.45, 2.75) is 6.54 Å². The molecule has 0 unspecified atom stereocenters. The summed E-state index contributed by atoms with van der Waals surface area (Å²) in [5.74, 6) is -0.132. The van der Waals surface area contributed by atoms with Crippen molar-refractivity contribution in [2.75, 3.05) is 34.2 Å². The van der Waals surface area contributed by atoms with E-state index in [1.54, 1.807) is 12.1 Å². The van der Waals surface area contributed by atoms with E-state index in [4.69, 9.17) is 5.21 Å². The van der Waals surface area contributed by atoms with Crippen molar-refractivity contribution in [2.24, 2.45) is 5.16 Å². The van der Waals surface area contributed by atoms with E-state index in [9.17, 15) is 4.79 Å². The zero-order chi connectivity index (χ0) is 18.3. The predicted octanol–water partition coefficient (Wildman–Crippen LogP) is -1.73. The van der Waals surface area contributed by atoms with Crippen LogP contribution in [-0.2, 0) is 6.54 Å². The van der Waals surface area contributed by atoms with E-state index in [0.717, 1.165) is 16.6 Å². The number of nitrogens with one attached hydrogen (secondary N) is 1. The van der Waals surface area contributed by atoms with Gasteiger partial charge in [-0.05, 0) is 0 Å². The molecule has 0 aliphatic heterocycles. The summed E-state index contributed by atoms with van der Waals surface area (Å²) in [6, 6.07) is 13.5. The summed E-state index contributed by atoms with van der Waals surface area (Å²) in [7, 11) is 6.24. The molecule has 6 nitrogen and oxygen atoms in total. The van der Waals surface area contributed by atoms with Crippen molar-refractivity contribution < 1.29 is 43.0 Å². The molecule has 0 bridgehead atoms. The number of quaternary nitrogens is 1. The zero-order valence-corrected chi connectivity index (χ0v) is 17.6. The van der Waals surface area contributed by atoms with Gasteiger partial charge in [-0.2, -0.15) is 4.57 Å². The Hall–Kier alpha value is -2.00. The van der Waals surface area contributed by atoms with Crippen LogP contribution in [0, 0.1) is 0 Å². The maximum Gasteiger partial charge on any atom is 0.251 e. The number of aromatic nitrogens is 1. The second kappa shape index (κ2) is 10.2. The first-order chi connectivity index (χ1) is 11.9. The predicted molar refractivity (Wildman–Crippen MR) is 96.8 cm³/mol. The Labute approximate surface area is 171 Å². The Morgan fingerprint density at radius 2 is 1.92 bits per heavy atom. The van der Waals surface area contributed by atoms with E-state index in [1.807, 2.05) is 41.1 Å². The van der Waals surface area contributed by atoms with E-state index < -0.39 is 0 Å². The van der Waals surface area contributed by atoms with Crippen molar-refractivity contribution in [3.63, 3.8) is 0 Å². The molecule has 140 valence electrons. The molecule has 0 spiro atoms. The van der Waals surface area contributed by atoms with E-state index in [0.29, 0.717) is 24.3 Å². The van der Waals surface area contributed by atoms with Gasteiger partial charge in [0.05, 0.1) is 39.8 Å². The van der Waals surface area contributed by atoms with Gasteiger partial charge in [-0.3, -0.25) is 4.79 Å². The Bertz CT molecular complexity index is 743. The number of oxime groups is 1. The smallest absolute Gasteiger partial charge is 0.251 e. The Kier molecular flexibility index (Phi) is 8.67. The highest BCUT2D eigenvalue weighted by Gasteiger charge is 2.15. The van der Waals surface area contributed by atoms with E-state index in [1.165, 1.54) is 6.21 Å². The van der Waals surface area contributed by atoms with Gasteiger partial charge in [-0.15, -0.1) is 0 Å². The standard InChI is InChI=1S/C19H24N4O2.HI/c1-23(2,3)12-10-20-19(24)17-9-11-22(18(13-17)14-21-25)15-16-7-5-4-6-8-16;/h4-9,11,13-14H,10,12,15H2,1-3H3;1H/p+1. The summed E-state index contributed by atoms with van der Waals surface area (Å²) in [6.45, 7) is 2.08. The summed E-state index contributed by atoms with van der Waals surface area (Å²) in [4.78, 5) is 12.3. The number of carbonyl (C=O) groups is 1. The number of benzene rings is 1. The molecule has 1 heterocycles. The first kappa shape index (κ1) is 22.0. The van der Waals surface area contributed by atoms with Crippen LogP contribution in [0.4, 0.5) is 0 Å². The third-order valence-electron chi connectivity index (χ3n) is 3.79. The number of hydrogen-bond acceptors (Lipinski definition) is 3. The van der Waals surface area contributed by atoms with Crippen molar-refractivity contribution in [1.82, 2.24) is 5.32 Å². The summed E-state index contributed by atoms with van der Waals surface area (Å²) >= 11 is 0. The topological polar surface area (TPSA) is 65.6 Å². The van der Waals surface area contributed by atoms with Gasteiger partial charge < -0.3 is 39.0 Å². The molecule has 1 amide bonds. The van der Waals surface area contributed by atoms with E-state index in [-0.39, 0.29) is 29.9 Å². The van der Waals surface area contributed by atoms with Crippen LogP contribution < -0.4 is 33.9 Å². The first-order valence-electron chi connectivity index (χ1n) is 8.22. The molecule has 0 fully saturated rings. The Morgan fingerprint density at radius 3 is 2.54 bits per heavy atom. The normalized spacial score (nSPS) is 11.2. The monoisotopic (exact) mass is 469 g/mol. The second-order valence-corrected chi connectivity index (χ2v) is 6.97. The number of pyridine rings is 1. The summed E-state index contributed by atoms with van der Waals surface area (Å²) in [6.07, 6.45) is 3.17. The molecule has 2 N–H and O–H groups in total. The highest BCUT2D eigenvalue weighted by molar-refractivity contribution is 5.95. The quantitative estimate of drug-likeness (QED) is 0.127. The average Bonchev–Trinajstić information content (AvgIpc) is 2.56. The number of hydrogen-bond donors (Lipinski definition) is 2. The fraction of sp³-hybridized carbons (Fsp3) is 0.316. The van der Waals surface area contributed by atoms with Crippen LogP contribution >= 0.6 is 0 Å². The summed E-state index contributed by atoms with van der Waals surface area (Å²) < 4.78 is 2.71. The average molecular weight is 469 g/mol. The maximum absolute atomic E-state index is 12.3. The number of nitrogens with zero attached hydrogens (tertiary/aromatic N) is 3. The molecule has 0 aliphatic carbocycles. The van der Waals surface area contributed by atoms with Crippen LogP contribution in [0.15, 0.2) is 53.8 Å². The van der Waals surface area contributed by atoms with Crippen LogP contribution in [0.1, 0.15) is 21.6 Å². The van der Waals surface area contributed by atoms with E-state index >= 15 is 0 Å². The van der Waals surface area contributed by atoms with Crippen molar-refractivity contribution >= 4 is 12.1 Å². The first-order valence-corrected chi connectivity index (χ1v) is 8.22. The minimum atomic E-state index is -0.132. The van der Waals surface area contributed by atoms with Crippen molar-refractivity contribution in [3.05, 3.63) is 65.5 Å². The lowest BCUT2D eigenvalue weighted by molar-refractivity contribution is -0.869. The minimum Gasteiger partial charge on any atom is -1.00 e. The minimum absolute atomic E-state index is 0.